The van der Waals surface area contributed by atoms with Gasteiger partial charge in [-0.1, -0.05) is 75.7 Å². The first kappa shape index (κ1) is 64.5. The van der Waals surface area contributed by atoms with Crippen molar-refractivity contribution in [3.8, 4) is 5.75 Å². The van der Waals surface area contributed by atoms with Crippen molar-refractivity contribution in [2.45, 2.75) is 128 Å². The van der Waals surface area contributed by atoms with E-state index in [-0.39, 0.29) is 78.5 Å². The van der Waals surface area contributed by atoms with Crippen molar-refractivity contribution >= 4 is 69.9 Å². The molecule has 6 rings (SSSR count). The summed E-state index contributed by atoms with van der Waals surface area (Å²) in [5.41, 5.74) is 7.17. The molecule has 5 amide bonds. The number of rotatable bonds is 28. The van der Waals surface area contributed by atoms with E-state index < -0.39 is 53.4 Å². The Balaban J connectivity index is 0.00000165. The highest BCUT2D eigenvalue weighted by atomic mass is 19.4. The number of alkyl halides is 3. The van der Waals surface area contributed by atoms with Gasteiger partial charge in [-0.2, -0.15) is 17.7 Å². The molecule has 82 heavy (non-hydrogen) atoms. The zero-order valence-corrected chi connectivity index (χ0v) is 47.0. The Bertz CT molecular complexity index is 2970. The zero-order valence-electron chi connectivity index (χ0n) is 47.0. The van der Waals surface area contributed by atoms with Gasteiger partial charge in [-0.3, -0.25) is 34.1 Å². The molecule has 0 spiro atoms. The summed E-state index contributed by atoms with van der Waals surface area (Å²) in [6.45, 7) is 13.6. The van der Waals surface area contributed by atoms with Crippen LogP contribution in [0.5, 0.6) is 5.75 Å². The third-order valence-electron chi connectivity index (χ3n) is 14.5. The van der Waals surface area contributed by atoms with Gasteiger partial charge in [0.05, 0.1) is 10.3 Å². The standard InChI is InChI=1S/C57H72N8O10.C2HF3O2/c1-7-49(66)58-33-16-8-10-27-51(68)61-42(28-31-52(69)64-37-32-39-46(75-38-53(70)71)30-29-45(54(39)64)65(73)74)55(72)60-35-19-34-59-50(67)26-11-9-17-36-63-44-23-15-13-21-41(44)57(4,5)48(63)25-18-24-47-56(2,3)40-20-12-14-22-43(40)62(47)6;3-2(4,5)1(6)7/h7,12-15,18,20-25,29-30,42H,1,8-11,16-17,19,26-28,31-38H2,2-6H3,(H4-,58,59,60,61,66,67,68,70,71,72);(H,6,7)/t42-;/m0./s1. The fourth-order valence-corrected chi connectivity index (χ4v) is 10.3. The summed E-state index contributed by atoms with van der Waals surface area (Å²) < 4.78 is 39.2. The Hall–Kier alpha value is -8.37. The number of halogens is 3. The Labute approximate surface area is 474 Å². The van der Waals surface area contributed by atoms with Gasteiger partial charge >= 0.3 is 12.1 Å². The van der Waals surface area contributed by atoms with Crippen LogP contribution in [0.25, 0.3) is 0 Å². The number of nitro benzene ring substituents is 1. The highest BCUT2D eigenvalue weighted by molar-refractivity contribution is 6.03. The molecule has 20 nitrogen and oxygen atoms in total. The average molecular weight is 1140 g/mol. The Morgan fingerprint density at radius 3 is 2.12 bits per heavy atom. The first-order valence-corrected chi connectivity index (χ1v) is 27.2. The van der Waals surface area contributed by atoms with E-state index in [4.69, 9.17) is 19.7 Å². The van der Waals surface area contributed by atoms with Gasteiger partial charge in [0.25, 0.3) is 5.69 Å². The lowest BCUT2D eigenvalue weighted by atomic mass is 9.81. The van der Waals surface area contributed by atoms with E-state index in [1.54, 1.807) is 0 Å². The molecule has 23 heteroatoms. The summed E-state index contributed by atoms with van der Waals surface area (Å²) in [6, 6.07) is 18.5. The van der Waals surface area contributed by atoms with Gasteiger partial charge in [-0.05, 0) is 88.6 Å². The van der Waals surface area contributed by atoms with Crippen molar-refractivity contribution in [1.82, 2.24) is 21.3 Å². The van der Waals surface area contributed by atoms with Gasteiger partial charge < -0.3 is 50.8 Å². The molecular formula is C59H73F3N8O12. The predicted molar refractivity (Wildman–Crippen MR) is 300 cm³/mol. The molecule has 0 fully saturated rings. The van der Waals surface area contributed by atoms with Crippen molar-refractivity contribution in [1.29, 1.82) is 0 Å². The number of amides is 5. The molecule has 0 aliphatic carbocycles. The molecule has 0 unspecified atom stereocenters. The molecule has 0 saturated carbocycles. The van der Waals surface area contributed by atoms with Crippen LogP contribution in [0.2, 0.25) is 0 Å². The summed E-state index contributed by atoms with van der Waals surface area (Å²) in [5, 5.41) is 41.1. The van der Waals surface area contributed by atoms with E-state index in [9.17, 15) is 52.1 Å². The molecule has 0 saturated heterocycles. The second-order valence-corrected chi connectivity index (χ2v) is 21.0. The fraction of sp³-hybridized carbons (Fsp3) is 0.458. The SMILES string of the molecule is C=CC(=O)NCCCCCC(=O)N[C@@H](CCC(=O)N1CCc2c(OCC(=O)O)ccc([N+](=O)[O-])c21)C(=O)NCCCNC(=O)CCCCCN1/C(=C/C=C/C2=[N+](C)c3ccccc3C2(C)C)C(C)(C)c2ccccc21.O=C([O-])C(F)(F)F. The molecule has 3 aliphatic heterocycles. The lowest BCUT2D eigenvalue weighted by molar-refractivity contribution is -0.401. The number of allylic oxidation sites excluding steroid dienone is 4. The summed E-state index contributed by atoms with van der Waals surface area (Å²) in [4.78, 5) is 99.7. The lowest BCUT2D eigenvalue weighted by Crippen LogP contribution is -2.47. The number of benzene rings is 3. The third kappa shape index (κ3) is 17.1. The van der Waals surface area contributed by atoms with E-state index in [1.807, 2.05) is 0 Å². The number of nitrogens with zero attached hydrogens (tertiary/aromatic N) is 4. The van der Waals surface area contributed by atoms with E-state index in [0.717, 1.165) is 25.5 Å². The van der Waals surface area contributed by atoms with Gasteiger partial charge in [-0.25, -0.2) is 4.79 Å². The van der Waals surface area contributed by atoms with E-state index in [1.165, 1.54) is 51.0 Å². The number of carbonyl (C=O) groups is 7. The van der Waals surface area contributed by atoms with Gasteiger partial charge in [0, 0.05) is 98.1 Å². The zero-order chi connectivity index (χ0) is 60.4. The molecule has 0 aromatic heterocycles. The lowest BCUT2D eigenvalue weighted by Gasteiger charge is -2.27. The monoisotopic (exact) mass is 1140 g/mol. The number of carbonyl (C=O) groups excluding carboxylic acids is 6. The third-order valence-corrected chi connectivity index (χ3v) is 14.5. The van der Waals surface area contributed by atoms with Gasteiger partial charge in [0.2, 0.25) is 35.2 Å². The highest BCUT2D eigenvalue weighted by Crippen LogP contribution is 2.48. The second-order valence-electron chi connectivity index (χ2n) is 21.0. The topological polar surface area (TPSA) is 273 Å². The Kier molecular flexibility index (Phi) is 23.1. The van der Waals surface area contributed by atoms with Crippen molar-refractivity contribution in [2.24, 2.45) is 0 Å². The number of ether oxygens (including phenoxy) is 1. The van der Waals surface area contributed by atoms with Crippen molar-refractivity contribution < 1.29 is 71.2 Å². The van der Waals surface area contributed by atoms with Crippen LogP contribution in [0.1, 0.15) is 115 Å². The number of nitro groups is 1. The molecule has 0 bridgehead atoms. The minimum atomic E-state index is -5.19. The Morgan fingerprint density at radius 1 is 0.829 bits per heavy atom. The maximum atomic E-state index is 13.7. The van der Waals surface area contributed by atoms with Crippen LogP contribution < -0.4 is 40.9 Å². The summed E-state index contributed by atoms with van der Waals surface area (Å²) in [6.07, 6.45) is 7.54. The average Bonchev–Trinajstić information content (AvgIpc) is 3.71. The second kappa shape index (κ2) is 29.4. The van der Waals surface area contributed by atoms with Crippen LogP contribution >= 0.6 is 0 Å². The minimum absolute atomic E-state index is 0.00978. The van der Waals surface area contributed by atoms with Crippen LogP contribution in [-0.4, -0.2) is 120 Å². The smallest absolute Gasteiger partial charge is 0.430 e. The highest BCUT2D eigenvalue weighted by Gasteiger charge is 2.43. The molecular weight excluding hydrogens is 1070 g/mol. The fourth-order valence-electron chi connectivity index (χ4n) is 10.3. The number of carboxylic acids is 2. The number of hydrogen-bond donors (Lipinski definition) is 5. The molecule has 442 valence electrons. The molecule has 0 radical (unpaired) electrons. The number of para-hydroxylation sites is 2. The predicted octanol–water partition coefficient (Wildman–Crippen LogP) is 6.50. The van der Waals surface area contributed by atoms with Crippen LogP contribution in [0, 0.1) is 10.1 Å². The maximum absolute atomic E-state index is 13.7. The number of carboxylic acid groups (broad SMARTS) is 2. The number of fused-ring (bicyclic) bond motifs is 3. The van der Waals surface area contributed by atoms with Crippen LogP contribution in [0.4, 0.5) is 35.9 Å². The summed E-state index contributed by atoms with van der Waals surface area (Å²) in [7, 11) is 2.13. The van der Waals surface area contributed by atoms with Crippen LogP contribution in [0.15, 0.2) is 97.2 Å². The van der Waals surface area contributed by atoms with Gasteiger partial charge in [-0.15, -0.1) is 0 Å². The summed E-state index contributed by atoms with van der Waals surface area (Å²) >= 11 is 0. The maximum Gasteiger partial charge on any atom is 0.430 e. The van der Waals surface area contributed by atoms with Crippen molar-refractivity contribution in [2.75, 3.05) is 56.2 Å². The van der Waals surface area contributed by atoms with E-state index in [2.05, 4.69) is 139 Å². The number of anilines is 2. The van der Waals surface area contributed by atoms with E-state index >= 15 is 0 Å². The van der Waals surface area contributed by atoms with Crippen molar-refractivity contribution in [3.05, 3.63) is 124 Å². The van der Waals surface area contributed by atoms with Gasteiger partial charge in [0.1, 0.15) is 30.5 Å². The number of unbranched alkanes of at least 4 members (excludes halogenated alkanes) is 4. The molecule has 3 heterocycles. The first-order chi connectivity index (χ1) is 38.8. The normalized spacial score (nSPS) is 15.4. The van der Waals surface area contributed by atoms with E-state index in [0.29, 0.717) is 57.2 Å². The quantitative estimate of drug-likeness (QED) is 0.0171. The molecule has 3 aromatic carbocycles. The number of aliphatic carboxylic acids is 2. The van der Waals surface area contributed by atoms with Crippen LogP contribution in [-0.2, 0) is 50.8 Å². The first-order valence-electron chi connectivity index (χ1n) is 27.2. The molecule has 1 atom stereocenters. The number of nitrogens with one attached hydrogen (secondary N) is 4. The Morgan fingerprint density at radius 2 is 1.46 bits per heavy atom. The largest absolute Gasteiger partial charge is 0.542 e. The molecule has 5 N–H and O–H groups in total. The summed E-state index contributed by atoms with van der Waals surface area (Å²) in [5.74, 6) is -5.96. The van der Waals surface area contributed by atoms with Gasteiger partial charge in [0.15, 0.2) is 12.3 Å². The minimum Gasteiger partial charge on any atom is -0.542 e. The molecule has 3 aromatic rings. The van der Waals surface area contributed by atoms with Crippen LogP contribution in [0.3, 0.4) is 0 Å². The van der Waals surface area contributed by atoms with Crippen molar-refractivity contribution in [3.63, 3.8) is 0 Å². The number of hydrogen-bond acceptors (Lipinski definition) is 12. The molecule has 3 aliphatic rings.